The summed E-state index contributed by atoms with van der Waals surface area (Å²) in [5.74, 6) is 1.28. The molecule has 2 atom stereocenters. The van der Waals surface area contributed by atoms with Crippen molar-refractivity contribution in [1.82, 2.24) is 4.90 Å². The summed E-state index contributed by atoms with van der Waals surface area (Å²) >= 11 is 0. The van der Waals surface area contributed by atoms with Crippen LogP contribution in [0, 0.1) is 11.8 Å². The first-order valence-corrected chi connectivity index (χ1v) is 14.1. The van der Waals surface area contributed by atoms with Gasteiger partial charge in [0.25, 0.3) is 0 Å². The molecular weight excluding hydrogens is 426 g/mol. The van der Waals surface area contributed by atoms with Crippen molar-refractivity contribution in [1.29, 1.82) is 0 Å². The summed E-state index contributed by atoms with van der Waals surface area (Å²) in [7, 11) is 0.509. The minimum Gasteiger partial charge on any atom is -0.409 e. The van der Waals surface area contributed by atoms with E-state index in [2.05, 4.69) is 92.5 Å². The molecule has 0 unspecified atom stereocenters. The van der Waals surface area contributed by atoms with E-state index in [1.54, 1.807) is 0 Å². The van der Waals surface area contributed by atoms with Gasteiger partial charge in [0.1, 0.15) is 0 Å². The molecule has 0 N–H and O–H groups in total. The summed E-state index contributed by atoms with van der Waals surface area (Å²) in [6, 6.07) is 21.8. The molecule has 4 rings (SSSR count). The van der Waals surface area contributed by atoms with Gasteiger partial charge in [-0.05, 0) is 42.1 Å². The van der Waals surface area contributed by atoms with Crippen molar-refractivity contribution < 1.29 is 13.9 Å². The van der Waals surface area contributed by atoms with Crippen molar-refractivity contribution in [2.75, 3.05) is 33.4 Å². The highest BCUT2D eigenvalue weighted by Gasteiger charge is 2.28. The van der Waals surface area contributed by atoms with Crippen LogP contribution in [-0.2, 0) is 13.9 Å². The molecule has 0 radical (unpaired) electrons. The third-order valence-electron chi connectivity index (χ3n) is 6.66. The molecular formula is C28H39NO3Si. The Bertz CT molecular complexity index is 828. The number of nitrogens with zero attached hydrogens (tertiary/aromatic N) is 1. The quantitative estimate of drug-likeness (QED) is 0.375. The van der Waals surface area contributed by atoms with E-state index in [9.17, 15) is 0 Å². The summed E-state index contributed by atoms with van der Waals surface area (Å²) in [4.78, 5) is 2.44. The Morgan fingerprint density at radius 1 is 0.970 bits per heavy atom. The Kier molecular flexibility index (Phi) is 8.93. The van der Waals surface area contributed by atoms with Crippen LogP contribution in [0.1, 0.15) is 33.1 Å². The maximum Gasteiger partial charge on any atom is 0.239 e. The molecule has 1 saturated heterocycles. The predicted octanol–water partition coefficient (Wildman–Crippen LogP) is 3.60. The van der Waals surface area contributed by atoms with Crippen LogP contribution in [0.2, 0.25) is 0 Å². The first-order chi connectivity index (χ1) is 16.1. The van der Waals surface area contributed by atoms with Crippen LogP contribution in [0.25, 0.3) is 0 Å². The smallest absolute Gasteiger partial charge is 0.239 e. The lowest BCUT2D eigenvalue weighted by Crippen LogP contribution is -2.47. The van der Waals surface area contributed by atoms with Gasteiger partial charge in [-0.1, -0.05) is 86.2 Å². The number of rotatable bonds is 11. The fraction of sp³-hybridized carbons (Fsp3) is 0.500. The number of hydrogen-bond donors (Lipinski definition) is 0. The van der Waals surface area contributed by atoms with Gasteiger partial charge in [0.05, 0.1) is 25.9 Å². The lowest BCUT2D eigenvalue weighted by molar-refractivity contribution is -0.0583. The van der Waals surface area contributed by atoms with Gasteiger partial charge in [-0.3, -0.25) is 4.90 Å². The molecule has 4 nitrogen and oxygen atoms in total. The van der Waals surface area contributed by atoms with E-state index in [1.807, 2.05) is 0 Å². The van der Waals surface area contributed by atoms with Crippen LogP contribution in [0.5, 0.6) is 0 Å². The molecule has 2 heterocycles. The number of likely N-dealkylation sites (N-methyl/N-ethyl adjacent to an activating group) is 1. The SMILES string of the molecule is CC(C)C[C@@H](CC1=C[C@@H](CO[SiH](c2ccccc2)c2ccccc2)N(C)C1)CC1OCCO1. The first kappa shape index (κ1) is 24.4. The van der Waals surface area contributed by atoms with Crippen LogP contribution in [-0.4, -0.2) is 59.7 Å². The third-order valence-corrected chi connectivity index (χ3v) is 9.16. The Hall–Kier alpha value is -1.76. The molecule has 2 aliphatic rings. The summed E-state index contributed by atoms with van der Waals surface area (Å²) < 4.78 is 18.2. The third kappa shape index (κ3) is 7.11. The fourth-order valence-electron chi connectivity index (χ4n) is 5.15. The molecule has 0 amide bonds. The number of benzene rings is 2. The Morgan fingerprint density at radius 2 is 1.58 bits per heavy atom. The van der Waals surface area contributed by atoms with E-state index in [0.717, 1.165) is 39.2 Å². The van der Waals surface area contributed by atoms with Crippen LogP contribution >= 0.6 is 0 Å². The predicted molar refractivity (Wildman–Crippen MR) is 138 cm³/mol. The second-order valence-electron chi connectivity index (χ2n) is 9.95. The van der Waals surface area contributed by atoms with Crippen molar-refractivity contribution in [3.63, 3.8) is 0 Å². The van der Waals surface area contributed by atoms with Gasteiger partial charge in [0.15, 0.2) is 6.29 Å². The van der Waals surface area contributed by atoms with E-state index in [-0.39, 0.29) is 6.29 Å². The van der Waals surface area contributed by atoms with Crippen LogP contribution in [0.15, 0.2) is 72.3 Å². The van der Waals surface area contributed by atoms with Gasteiger partial charge >= 0.3 is 0 Å². The summed E-state index contributed by atoms with van der Waals surface area (Å²) in [6.45, 7) is 7.86. The Balaban J connectivity index is 1.40. The normalized spacial score (nSPS) is 20.6. The van der Waals surface area contributed by atoms with Gasteiger partial charge in [-0.25, -0.2) is 0 Å². The van der Waals surface area contributed by atoms with Gasteiger partial charge in [-0.15, -0.1) is 0 Å². The second kappa shape index (κ2) is 12.1. The molecule has 33 heavy (non-hydrogen) atoms. The molecule has 178 valence electrons. The Morgan fingerprint density at radius 3 is 2.15 bits per heavy atom. The molecule has 1 fully saturated rings. The highest BCUT2D eigenvalue weighted by atomic mass is 28.3. The van der Waals surface area contributed by atoms with Crippen LogP contribution in [0.4, 0.5) is 0 Å². The van der Waals surface area contributed by atoms with E-state index in [1.165, 1.54) is 22.4 Å². The second-order valence-corrected chi connectivity index (χ2v) is 12.4. The molecule has 2 aliphatic heterocycles. The summed E-state index contributed by atoms with van der Waals surface area (Å²) in [6.07, 6.45) is 5.78. The zero-order chi connectivity index (χ0) is 23.0. The zero-order valence-electron chi connectivity index (χ0n) is 20.4. The molecule has 2 aromatic rings. The minimum absolute atomic E-state index is 0.0175. The molecule has 0 saturated carbocycles. The molecule has 0 bridgehead atoms. The summed E-state index contributed by atoms with van der Waals surface area (Å²) in [5, 5.41) is 2.67. The van der Waals surface area contributed by atoms with E-state index < -0.39 is 9.04 Å². The topological polar surface area (TPSA) is 30.9 Å². The van der Waals surface area contributed by atoms with Gasteiger partial charge < -0.3 is 13.9 Å². The molecule has 0 aliphatic carbocycles. The number of ether oxygens (including phenoxy) is 2. The van der Waals surface area contributed by atoms with Crippen LogP contribution < -0.4 is 10.4 Å². The van der Waals surface area contributed by atoms with Crippen molar-refractivity contribution in [2.24, 2.45) is 11.8 Å². The minimum atomic E-state index is -1.71. The van der Waals surface area contributed by atoms with Gasteiger partial charge in [-0.2, -0.15) is 0 Å². The molecule has 0 aromatic heterocycles. The fourth-order valence-corrected chi connectivity index (χ4v) is 7.45. The van der Waals surface area contributed by atoms with Crippen molar-refractivity contribution >= 4 is 19.4 Å². The molecule has 2 aromatic carbocycles. The van der Waals surface area contributed by atoms with Crippen molar-refractivity contribution in [3.8, 4) is 0 Å². The maximum absolute atomic E-state index is 6.71. The van der Waals surface area contributed by atoms with Crippen molar-refractivity contribution in [3.05, 3.63) is 72.3 Å². The molecule has 0 spiro atoms. The average Bonchev–Trinajstić information content (AvgIpc) is 3.44. The number of hydrogen-bond acceptors (Lipinski definition) is 4. The van der Waals surface area contributed by atoms with Gasteiger partial charge in [0, 0.05) is 13.0 Å². The van der Waals surface area contributed by atoms with Gasteiger partial charge in [0.2, 0.25) is 9.04 Å². The zero-order valence-corrected chi connectivity index (χ0v) is 21.5. The van der Waals surface area contributed by atoms with E-state index >= 15 is 0 Å². The lowest BCUT2D eigenvalue weighted by Gasteiger charge is -2.24. The molecule has 5 heteroatoms. The monoisotopic (exact) mass is 465 g/mol. The Labute approximate surface area is 201 Å². The van der Waals surface area contributed by atoms with E-state index in [4.69, 9.17) is 13.9 Å². The van der Waals surface area contributed by atoms with Crippen molar-refractivity contribution in [2.45, 2.75) is 45.4 Å². The maximum atomic E-state index is 6.71. The average molecular weight is 466 g/mol. The van der Waals surface area contributed by atoms with Crippen LogP contribution in [0.3, 0.4) is 0 Å². The van der Waals surface area contributed by atoms with E-state index in [0.29, 0.717) is 17.9 Å². The highest BCUT2D eigenvalue weighted by Crippen LogP contribution is 2.30. The largest absolute Gasteiger partial charge is 0.409 e. The standard InChI is InChI=1S/C28H39NO3Si/c1-22(2)16-23(19-28-30-14-15-31-28)17-24-18-25(29(3)20-24)21-32-33(26-10-6-4-7-11-26)27-12-8-5-9-13-27/h4-13,18,22-23,25,28,33H,14-17,19-21H2,1-3H3/t23-,25-/m0/s1. The summed E-state index contributed by atoms with van der Waals surface area (Å²) in [5.41, 5.74) is 1.53. The lowest BCUT2D eigenvalue weighted by atomic mass is 9.88. The first-order valence-electron chi connectivity index (χ1n) is 12.4. The highest BCUT2D eigenvalue weighted by molar-refractivity contribution is 6.80.